The van der Waals surface area contributed by atoms with E-state index in [1.165, 1.54) is 18.4 Å². The summed E-state index contributed by atoms with van der Waals surface area (Å²) in [7, 11) is 1.49. The number of benzene rings is 1. The minimum absolute atomic E-state index is 0.0675. The average molecular weight is 345 g/mol. The predicted molar refractivity (Wildman–Crippen MR) is 78.6 cm³/mol. The molecule has 0 bridgehead atoms. The highest BCUT2D eigenvalue weighted by atomic mass is 32.1. The zero-order valence-corrected chi connectivity index (χ0v) is 12.9. The molecule has 0 aliphatic carbocycles. The number of thiophene rings is 1. The number of aliphatic hydroxyl groups is 1. The highest BCUT2D eigenvalue weighted by molar-refractivity contribution is 7.12. The minimum Gasteiger partial charge on any atom is -0.394 e. The van der Waals surface area contributed by atoms with Crippen LogP contribution in [0.25, 0.3) is 0 Å². The van der Waals surface area contributed by atoms with Crippen molar-refractivity contribution in [3.63, 3.8) is 0 Å². The number of carbonyl (C=O) groups is 1. The number of hydrogen-bond acceptors (Lipinski definition) is 4. The zero-order chi connectivity index (χ0) is 17.0. The van der Waals surface area contributed by atoms with Crippen molar-refractivity contribution in [2.45, 2.75) is 12.6 Å². The van der Waals surface area contributed by atoms with Gasteiger partial charge in [-0.1, -0.05) is 0 Å². The molecule has 1 aromatic heterocycles. The molecule has 0 saturated carbocycles. The van der Waals surface area contributed by atoms with E-state index < -0.39 is 36.0 Å². The van der Waals surface area contributed by atoms with Crippen molar-refractivity contribution < 1.29 is 27.8 Å². The van der Waals surface area contributed by atoms with Crippen LogP contribution < -0.4 is 5.32 Å². The van der Waals surface area contributed by atoms with Crippen LogP contribution in [0.3, 0.4) is 0 Å². The van der Waals surface area contributed by atoms with Gasteiger partial charge in [-0.15, -0.1) is 11.3 Å². The molecule has 2 N–H and O–H groups in total. The zero-order valence-electron chi connectivity index (χ0n) is 12.1. The number of nitrogens with one attached hydrogen (secondary N) is 1. The van der Waals surface area contributed by atoms with Gasteiger partial charge in [0.1, 0.15) is 0 Å². The first-order valence-corrected chi connectivity index (χ1v) is 7.47. The first-order chi connectivity index (χ1) is 11.0. The van der Waals surface area contributed by atoms with E-state index in [4.69, 9.17) is 4.74 Å². The Morgan fingerprint density at radius 2 is 2.00 bits per heavy atom. The maximum atomic E-state index is 13.3. The second-order valence-corrected chi connectivity index (χ2v) is 5.63. The summed E-state index contributed by atoms with van der Waals surface area (Å²) in [6, 6.07) is 2.13. The van der Waals surface area contributed by atoms with Gasteiger partial charge < -0.3 is 15.2 Å². The van der Waals surface area contributed by atoms with Gasteiger partial charge in [-0.3, -0.25) is 4.79 Å². The number of halogens is 3. The number of hydrogen-bond donors (Lipinski definition) is 2. The molecule has 1 unspecified atom stereocenters. The molecule has 0 aliphatic rings. The number of aliphatic hydroxyl groups excluding tert-OH is 1. The van der Waals surface area contributed by atoms with E-state index in [-0.39, 0.29) is 12.2 Å². The van der Waals surface area contributed by atoms with Gasteiger partial charge in [0.15, 0.2) is 17.5 Å². The predicted octanol–water partition coefficient (Wildman–Crippen LogP) is 2.78. The second-order valence-electron chi connectivity index (χ2n) is 4.72. The Kier molecular flexibility index (Phi) is 5.75. The lowest BCUT2D eigenvalue weighted by atomic mass is 10.1. The molecule has 0 aliphatic heterocycles. The molecule has 1 amide bonds. The van der Waals surface area contributed by atoms with E-state index in [0.717, 1.165) is 12.1 Å². The van der Waals surface area contributed by atoms with Crippen LogP contribution in [0.1, 0.15) is 26.8 Å². The van der Waals surface area contributed by atoms with Gasteiger partial charge in [-0.25, -0.2) is 13.2 Å². The molecular formula is C15H14F3NO3S. The molecule has 4 nitrogen and oxygen atoms in total. The van der Waals surface area contributed by atoms with Gasteiger partial charge in [0, 0.05) is 12.7 Å². The number of methoxy groups -OCH3 is 1. The smallest absolute Gasteiger partial charge is 0.262 e. The third-order valence-corrected chi connectivity index (χ3v) is 4.10. The van der Waals surface area contributed by atoms with Gasteiger partial charge in [-0.05, 0) is 29.1 Å². The van der Waals surface area contributed by atoms with E-state index in [2.05, 4.69) is 5.32 Å². The fourth-order valence-electron chi connectivity index (χ4n) is 2.04. The van der Waals surface area contributed by atoms with Gasteiger partial charge in [0.2, 0.25) is 0 Å². The molecule has 0 spiro atoms. The van der Waals surface area contributed by atoms with Gasteiger partial charge >= 0.3 is 0 Å². The third kappa shape index (κ3) is 3.90. The molecule has 1 atom stereocenters. The Balaban J connectivity index is 2.22. The molecular weight excluding hydrogens is 331 g/mol. The van der Waals surface area contributed by atoms with Gasteiger partial charge in [0.05, 0.1) is 24.1 Å². The van der Waals surface area contributed by atoms with Crippen molar-refractivity contribution in [1.82, 2.24) is 5.32 Å². The Morgan fingerprint density at radius 3 is 2.57 bits per heavy atom. The minimum atomic E-state index is -1.60. The Morgan fingerprint density at radius 1 is 1.35 bits per heavy atom. The quantitative estimate of drug-likeness (QED) is 0.792. The van der Waals surface area contributed by atoms with Crippen molar-refractivity contribution in [3.05, 3.63) is 57.0 Å². The lowest BCUT2D eigenvalue weighted by Crippen LogP contribution is -2.31. The third-order valence-electron chi connectivity index (χ3n) is 3.15. The van der Waals surface area contributed by atoms with Crippen molar-refractivity contribution in [3.8, 4) is 0 Å². The summed E-state index contributed by atoms with van der Waals surface area (Å²) >= 11 is 1.17. The second kappa shape index (κ2) is 7.58. The highest BCUT2D eigenvalue weighted by Gasteiger charge is 2.21. The maximum absolute atomic E-state index is 13.3. The Labute approximate surface area is 134 Å². The van der Waals surface area contributed by atoms with Crippen molar-refractivity contribution in [2.75, 3.05) is 13.7 Å². The largest absolute Gasteiger partial charge is 0.394 e. The van der Waals surface area contributed by atoms with E-state index >= 15 is 0 Å². The maximum Gasteiger partial charge on any atom is 0.262 e. The molecule has 1 aromatic carbocycles. The molecule has 0 saturated heterocycles. The number of ether oxygens (including phenoxy) is 1. The van der Waals surface area contributed by atoms with E-state index in [1.807, 2.05) is 0 Å². The molecule has 2 rings (SSSR count). The summed E-state index contributed by atoms with van der Waals surface area (Å²) in [5, 5.41) is 13.5. The standard InChI is InChI=1S/C15H14F3NO3S/c1-22-7-8-2-3-23-14(8)15(21)19-12(6-20)9-4-10(16)13(18)11(17)5-9/h2-5,12,20H,6-7H2,1H3,(H,19,21). The van der Waals surface area contributed by atoms with E-state index in [9.17, 15) is 23.1 Å². The monoisotopic (exact) mass is 345 g/mol. The van der Waals surface area contributed by atoms with Crippen LogP contribution in [0, 0.1) is 17.5 Å². The molecule has 124 valence electrons. The van der Waals surface area contributed by atoms with E-state index in [1.54, 1.807) is 11.4 Å². The van der Waals surface area contributed by atoms with Gasteiger partial charge in [0.25, 0.3) is 5.91 Å². The molecule has 2 aromatic rings. The van der Waals surface area contributed by atoms with Crippen LogP contribution in [0.2, 0.25) is 0 Å². The van der Waals surface area contributed by atoms with Crippen LogP contribution in [-0.4, -0.2) is 24.7 Å². The summed E-state index contributed by atoms with van der Waals surface area (Å²) in [5.74, 6) is -4.89. The van der Waals surface area contributed by atoms with Crippen LogP contribution >= 0.6 is 11.3 Å². The summed E-state index contributed by atoms with van der Waals surface area (Å²) in [5.41, 5.74) is 0.588. The molecule has 0 fully saturated rings. The van der Waals surface area contributed by atoms with Crippen LogP contribution in [0.15, 0.2) is 23.6 Å². The Bertz CT molecular complexity index is 682. The Hall–Kier alpha value is -1.90. The fourth-order valence-corrected chi connectivity index (χ4v) is 2.85. The van der Waals surface area contributed by atoms with Crippen LogP contribution in [0.4, 0.5) is 13.2 Å². The number of rotatable bonds is 6. The van der Waals surface area contributed by atoms with Crippen LogP contribution in [-0.2, 0) is 11.3 Å². The highest BCUT2D eigenvalue weighted by Crippen LogP contribution is 2.22. The van der Waals surface area contributed by atoms with Crippen molar-refractivity contribution >= 4 is 17.2 Å². The summed E-state index contributed by atoms with van der Waals surface area (Å²) < 4.78 is 44.5. The topological polar surface area (TPSA) is 58.6 Å². The van der Waals surface area contributed by atoms with Gasteiger partial charge in [-0.2, -0.15) is 0 Å². The normalized spacial score (nSPS) is 12.2. The van der Waals surface area contributed by atoms with Crippen molar-refractivity contribution in [2.24, 2.45) is 0 Å². The van der Waals surface area contributed by atoms with Crippen molar-refractivity contribution in [1.29, 1.82) is 0 Å². The summed E-state index contributed by atoms with van der Waals surface area (Å²) in [4.78, 5) is 12.6. The van der Waals surface area contributed by atoms with E-state index in [0.29, 0.717) is 10.4 Å². The van der Waals surface area contributed by atoms with Crippen LogP contribution in [0.5, 0.6) is 0 Å². The SMILES string of the molecule is COCc1ccsc1C(=O)NC(CO)c1cc(F)c(F)c(F)c1. The molecule has 23 heavy (non-hydrogen) atoms. The first-order valence-electron chi connectivity index (χ1n) is 6.59. The summed E-state index contributed by atoms with van der Waals surface area (Å²) in [6.45, 7) is -0.364. The molecule has 8 heteroatoms. The average Bonchev–Trinajstić information content (AvgIpc) is 2.98. The molecule has 1 heterocycles. The number of carbonyl (C=O) groups excluding carboxylic acids is 1. The number of amides is 1. The fraction of sp³-hybridized carbons (Fsp3) is 0.267. The summed E-state index contributed by atoms with van der Waals surface area (Å²) in [6.07, 6.45) is 0. The lowest BCUT2D eigenvalue weighted by Gasteiger charge is -2.17. The molecule has 0 radical (unpaired) electrons. The lowest BCUT2D eigenvalue weighted by molar-refractivity contribution is 0.0915. The first kappa shape index (κ1) is 17.5.